The molecule has 6 nitrogen and oxygen atoms in total. The van der Waals surface area contributed by atoms with Crippen LogP contribution in [0.2, 0.25) is 0 Å². The molecule has 0 bridgehead atoms. The summed E-state index contributed by atoms with van der Waals surface area (Å²) in [7, 11) is 1.50. The summed E-state index contributed by atoms with van der Waals surface area (Å²) in [5.74, 6) is 0.127. The maximum Gasteiger partial charge on any atom is 0.252 e. The predicted octanol–water partition coefficient (Wildman–Crippen LogP) is -0.191. The number of anilines is 1. The molecule has 0 saturated carbocycles. The van der Waals surface area contributed by atoms with E-state index in [9.17, 15) is 4.79 Å². The minimum atomic E-state index is -0.320. The van der Waals surface area contributed by atoms with Gasteiger partial charge in [0.1, 0.15) is 0 Å². The van der Waals surface area contributed by atoms with Crippen LogP contribution in [0.1, 0.15) is 5.69 Å². The zero-order valence-electron chi connectivity index (χ0n) is 7.00. The molecule has 1 rings (SSSR count). The van der Waals surface area contributed by atoms with Crippen molar-refractivity contribution in [1.29, 1.82) is 5.26 Å². The molecule has 0 radical (unpaired) electrons. The van der Waals surface area contributed by atoms with Gasteiger partial charge in [-0.3, -0.25) is 15.1 Å². The molecule has 68 valence electrons. The highest BCUT2D eigenvalue weighted by molar-refractivity contribution is 5.29. The Hall–Kier alpha value is -1.87. The molecule has 0 atom stereocenters. The van der Waals surface area contributed by atoms with Crippen LogP contribution >= 0.6 is 0 Å². The van der Waals surface area contributed by atoms with E-state index >= 15 is 0 Å². The average molecular weight is 180 g/mol. The molecule has 0 unspecified atom stereocenters. The smallest absolute Gasteiger partial charge is 0.252 e. The minimum Gasteiger partial charge on any atom is -0.378 e. The summed E-state index contributed by atoms with van der Waals surface area (Å²) in [4.78, 5) is 17.2. The molecule has 0 amide bonds. The fourth-order valence-corrected chi connectivity index (χ4v) is 0.842. The highest BCUT2D eigenvalue weighted by atomic mass is 16.5. The number of hydrogen-bond donors (Lipinski definition) is 2. The van der Waals surface area contributed by atoms with Gasteiger partial charge in [-0.15, -0.1) is 0 Å². The second-order valence-corrected chi connectivity index (χ2v) is 2.26. The summed E-state index contributed by atoms with van der Waals surface area (Å²) in [6.45, 7) is 0.240. The summed E-state index contributed by atoms with van der Waals surface area (Å²) in [5, 5.41) is 10.5. The van der Waals surface area contributed by atoms with Crippen LogP contribution in [0, 0.1) is 11.5 Å². The molecule has 13 heavy (non-hydrogen) atoms. The first-order valence-corrected chi connectivity index (χ1v) is 3.50. The van der Waals surface area contributed by atoms with Crippen molar-refractivity contribution in [3.05, 3.63) is 22.1 Å². The Morgan fingerprint density at radius 3 is 3.23 bits per heavy atom. The van der Waals surface area contributed by atoms with Crippen molar-refractivity contribution in [2.45, 2.75) is 6.61 Å². The third-order valence-corrected chi connectivity index (χ3v) is 1.26. The Morgan fingerprint density at radius 2 is 2.62 bits per heavy atom. The molecule has 0 fully saturated rings. The van der Waals surface area contributed by atoms with Crippen molar-refractivity contribution in [2.75, 3.05) is 12.4 Å². The molecule has 2 N–H and O–H groups in total. The first-order chi connectivity index (χ1) is 6.26. The van der Waals surface area contributed by atoms with Crippen molar-refractivity contribution in [2.24, 2.45) is 0 Å². The molecule has 0 saturated heterocycles. The van der Waals surface area contributed by atoms with E-state index in [0.717, 1.165) is 0 Å². The second-order valence-electron chi connectivity index (χ2n) is 2.26. The first kappa shape index (κ1) is 9.22. The molecule has 0 aliphatic heterocycles. The van der Waals surface area contributed by atoms with Gasteiger partial charge in [0.05, 0.1) is 12.3 Å². The van der Waals surface area contributed by atoms with E-state index < -0.39 is 0 Å². The third kappa shape index (κ3) is 2.57. The van der Waals surface area contributed by atoms with Gasteiger partial charge < -0.3 is 4.74 Å². The van der Waals surface area contributed by atoms with Crippen LogP contribution in [-0.2, 0) is 11.3 Å². The molecule has 0 spiro atoms. The van der Waals surface area contributed by atoms with Crippen LogP contribution in [0.4, 0.5) is 5.95 Å². The SMILES string of the molecule is COCc1cc(=O)[nH]c(NC#N)n1. The molecular weight excluding hydrogens is 172 g/mol. The standard InChI is InChI=1S/C7H8N4O2/c1-13-3-5-2-6(12)11-7(10-5)9-4-8/h2H,3H2,1H3,(H2,9,10,11,12). The van der Waals surface area contributed by atoms with Crippen molar-refractivity contribution >= 4 is 5.95 Å². The quantitative estimate of drug-likeness (QED) is 0.497. The van der Waals surface area contributed by atoms with E-state index in [2.05, 4.69) is 15.3 Å². The van der Waals surface area contributed by atoms with Crippen molar-refractivity contribution in [1.82, 2.24) is 9.97 Å². The van der Waals surface area contributed by atoms with Crippen LogP contribution < -0.4 is 10.9 Å². The van der Waals surface area contributed by atoms with E-state index in [1.54, 1.807) is 6.19 Å². The molecule has 0 aliphatic carbocycles. The van der Waals surface area contributed by atoms with Gasteiger partial charge in [0, 0.05) is 13.2 Å². The summed E-state index contributed by atoms with van der Waals surface area (Å²) < 4.78 is 4.79. The number of aromatic amines is 1. The molecule has 0 aromatic carbocycles. The van der Waals surface area contributed by atoms with E-state index in [1.165, 1.54) is 13.2 Å². The fraction of sp³-hybridized carbons (Fsp3) is 0.286. The summed E-state index contributed by atoms with van der Waals surface area (Å²) in [6.07, 6.45) is 1.66. The minimum absolute atomic E-state index is 0.127. The Labute approximate surface area is 74.2 Å². The number of nitrogens with one attached hydrogen (secondary N) is 2. The Morgan fingerprint density at radius 1 is 1.85 bits per heavy atom. The van der Waals surface area contributed by atoms with E-state index in [0.29, 0.717) is 5.69 Å². The molecular formula is C7H8N4O2. The normalized spacial score (nSPS) is 9.23. The summed E-state index contributed by atoms with van der Waals surface area (Å²) >= 11 is 0. The number of nitriles is 1. The van der Waals surface area contributed by atoms with Gasteiger partial charge in [-0.2, -0.15) is 5.26 Å². The van der Waals surface area contributed by atoms with Crippen LogP contribution in [0.25, 0.3) is 0 Å². The second kappa shape index (κ2) is 4.23. The van der Waals surface area contributed by atoms with Gasteiger partial charge in [0.2, 0.25) is 5.95 Å². The molecule has 6 heteroatoms. The van der Waals surface area contributed by atoms with E-state index in [4.69, 9.17) is 10.00 Å². The number of rotatable bonds is 3. The highest BCUT2D eigenvalue weighted by Gasteiger charge is 1.99. The molecule has 0 aliphatic rings. The molecule has 1 aromatic rings. The number of H-pyrrole nitrogens is 1. The Kier molecular flexibility index (Phi) is 3.00. The number of methoxy groups -OCH3 is 1. The van der Waals surface area contributed by atoms with Crippen molar-refractivity contribution in [3.63, 3.8) is 0 Å². The van der Waals surface area contributed by atoms with Crippen LogP contribution in [0.3, 0.4) is 0 Å². The number of nitrogens with zero attached hydrogens (tertiary/aromatic N) is 2. The number of aromatic nitrogens is 2. The summed E-state index contributed by atoms with van der Waals surface area (Å²) in [6, 6.07) is 1.31. The van der Waals surface area contributed by atoms with Gasteiger partial charge in [-0.1, -0.05) is 0 Å². The maximum atomic E-state index is 11.0. The monoisotopic (exact) mass is 180 g/mol. The Balaban J connectivity index is 2.98. The Bertz CT molecular complexity index is 379. The first-order valence-electron chi connectivity index (χ1n) is 3.50. The lowest BCUT2D eigenvalue weighted by Crippen LogP contribution is -2.12. The number of hydrogen-bond acceptors (Lipinski definition) is 5. The fourth-order valence-electron chi connectivity index (χ4n) is 0.842. The molecule has 1 heterocycles. The van der Waals surface area contributed by atoms with Crippen LogP contribution in [-0.4, -0.2) is 17.1 Å². The van der Waals surface area contributed by atoms with Gasteiger partial charge in [-0.05, 0) is 0 Å². The zero-order chi connectivity index (χ0) is 9.68. The average Bonchev–Trinajstić information content (AvgIpc) is 2.04. The van der Waals surface area contributed by atoms with E-state index in [-0.39, 0.29) is 18.1 Å². The van der Waals surface area contributed by atoms with Crippen LogP contribution in [0.5, 0.6) is 0 Å². The van der Waals surface area contributed by atoms with Gasteiger partial charge in [0.25, 0.3) is 5.56 Å². The molecule has 1 aromatic heterocycles. The van der Waals surface area contributed by atoms with Gasteiger partial charge >= 0.3 is 0 Å². The topological polar surface area (TPSA) is 90.8 Å². The van der Waals surface area contributed by atoms with Crippen LogP contribution in [0.15, 0.2) is 10.9 Å². The number of ether oxygens (including phenoxy) is 1. The van der Waals surface area contributed by atoms with Crippen molar-refractivity contribution in [3.8, 4) is 6.19 Å². The lowest BCUT2D eigenvalue weighted by atomic mass is 10.4. The van der Waals surface area contributed by atoms with Crippen molar-refractivity contribution < 1.29 is 4.74 Å². The highest BCUT2D eigenvalue weighted by Crippen LogP contribution is 1.97. The summed E-state index contributed by atoms with van der Waals surface area (Å²) in [5.41, 5.74) is 0.156. The maximum absolute atomic E-state index is 11.0. The lowest BCUT2D eigenvalue weighted by molar-refractivity contribution is 0.181. The van der Waals surface area contributed by atoms with Gasteiger partial charge in [-0.25, -0.2) is 4.98 Å². The largest absolute Gasteiger partial charge is 0.378 e. The zero-order valence-corrected chi connectivity index (χ0v) is 7.00. The third-order valence-electron chi connectivity index (χ3n) is 1.26. The van der Waals surface area contributed by atoms with E-state index in [1.807, 2.05) is 0 Å². The predicted molar refractivity (Wildman–Crippen MR) is 44.8 cm³/mol. The van der Waals surface area contributed by atoms with Gasteiger partial charge in [0.15, 0.2) is 6.19 Å². The lowest BCUT2D eigenvalue weighted by Gasteiger charge is -2.00.